The Kier molecular flexibility index (Phi) is 5.61. The van der Waals surface area contributed by atoms with Crippen LogP contribution in [0.2, 0.25) is 5.02 Å². The van der Waals surface area contributed by atoms with Crippen molar-refractivity contribution in [1.82, 2.24) is 0 Å². The molecule has 6 heteroatoms. The van der Waals surface area contributed by atoms with Crippen LogP contribution in [0, 0.1) is 5.82 Å². The number of hydrogen-bond donors (Lipinski definition) is 2. The molecule has 0 aromatic heterocycles. The highest BCUT2D eigenvalue weighted by Gasteiger charge is 2.08. The average Bonchev–Trinajstić information content (AvgIpc) is 2.48. The molecule has 2 N–H and O–H groups in total. The van der Waals surface area contributed by atoms with E-state index in [1.165, 1.54) is 12.1 Å². The third kappa shape index (κ3) is 4.36. The summed E-state index contributed by atoms with van der Waals surface area (Å²) in [4.78, 5) is 11.5. The highest BCUT2D eigenvalue weighted by atomic mass is 35.5. The first-order valence-corrected chi connectivity index (χ1v) is 7.18. The number of rotatable bonds is 5. The molecule has 0 saturated carbocycles. The number of hydrogen-bond acceptors (Lipinski definition) is 3. The minimum Gasteiger partial charge on any atom is -0.450 e. The van der Waals surface area contributed by atoms with Gasteiger partial charge in [-0.15, -0.1) is 0 Å². The summed E-state index contributed by atoms with van der Waals surface area (Å²) in [6.45, 7) is 2.47. The molecule has 0 aliphatic heterocycles. The smallest absolute Gasteiger partial charge is 0.411 e. The first kappa shape index (κ1) is 16.1. The van der Waals surface area contributed by atoms with Crippen LogP contribution in [0.15, 0.2) is 42.5 Å². The van der Waals surface area contributed by atoms with E-state index in [1.54, 1.807) is 19.1 Å². The van der Waals surface area contributed by atoms with E-state index in [-0.39, 0.29) is 5.82 Å². The first-order chi connectivity index (χ1) is 10.6. The lowest BCUT2D eigenvalue weighted by Gasteiger charge is -2.13. The molecule has 0 atom stereocenters. The van der Waals surface area contributed by atoms with Crippen LogP contribution >= 0.6 is 11.6 Å². The fourth-order valence-corrected chi connectivity index (χ4v) is 2.13. The highest BCUT2D eigenvalue weighted by molar-refractivity contribution is 6.33. The lowest BCUT2D eigenvalue weighted by atomic mass is 10.1. The van der Waals surface area contributed by atoms with E-state index in [9.17, 15) is 9.18 Å². The van der Waals surface area contributed by atoms with Crippen molar-refractivity contribution in [2.75, 3.05) is 17.2 Å². The molecule has 0 heterocycles. The van der Waals surface area contributed by atoms with Gasteiger partial charge in [-0.2, -0.15) is 0 Å². The molecular weight excluding hydrogens is 307 g/mol. The van der Waals surface area contributed by atoms with E-state index in [4.69, 9.17) is 16.3 Å². The van der Waals surface area contributed by atoms with Crippen molar-refractivity contribution in [2.24, 2.45) is 0 Å². The first-order valence-electron chi connectivity index (χ1n) is 6.80. The quantitative estimate of drug-likeness (QED) is 0.841. The Hall–Kier alpha value is -2.27. The Morgan fingerprint density at radius 1 is 1.23 bits per heavy atom. The summed E-state index contributed by atoms with van der Waals surface area (Å²) in [6, 6.07) is 11.5. The summed E-state index contributed by atoms with van der Waals surface area (Å²) in [7, 11) is 0. The molecule has 0 spiro atoms. The molecule has 2 aromatic carbocycles. The number of amides is 1. The number of halogens is 2. The predicted octanol–water partition coefficient (Wildman–Crippen LogP) is 4.66. The second-order valence-corrected chi connectivity index (χ2v) is 4.89. The SMILES string of the molecule is CCOC(=O)Nc1ccccc1CNc1ccc(F)cc1Cl. The molecule has 0 radical (unpaired) electrons. The minimum absolute atomic E-state index is 0.302. The molecule has 2 aromatic rings. The zero-order valence-corrected chi connectivity index (χ0v) is 12.8. The van der Waals surface area contributed by atoms with Crippen molar-refractivity contribution >= 4 is 29.1 Å². The number of ether oxygens (including phenoxy) is 1. The summed E-state index contributed by atoms with van der Waals surface area (Å²) >= 11 is 5.97. The molecule has 0 aliphatic rings. The number of benzene rings is 2. The Labute approximate surface area is 133 Å². The number of anilines is 2. The van der Waals surface area contributed by atoms with Gasteiger partial charge in [0.05, 0.1) is 17.3 Å². The van der Waals surface area contributed by atoms with Crippen LogP contribution in [0.1, 0.15) is 12.5 Å². The Balaban J connectivity index is 2.08. The topological polar surface area (TPSA) is 50.4 Å². The maximum absolute atomic E-state index is 13.0. The summed E-state index contributed by atoms with van der Waals surface area (Å²) in [5.41, 5.74) is 2.12. The van der Waals surface area contributed by atoms with E-state index in [0.29, 0.717) is 29.5 Å². The number of carbonyl (C=O) groups excluding carboxylic acids is 1. The van der Waals surface area contributed by atoms with Crippen molar-refractivity contribution in [3.05, 3.63) is 58.9 Å². The minimum atomic E-state index is -0.505. The summed E-state index contributed by atoms with van der Waals surface area (Å²) in [5, 5.41) is 6.09. The van der Waals surface area contributed by atoms with Crippen LogP contribution in [0.5, 0.6) is 0 Å². The molecule has 22 heavy (non-hydrogen) atoms. The fraction of sp³-hybridized carbons (Fsp3) is 0.188. The van der Waals surface area contributed by atoms with E-state index >= 15 is 0 Å². The number of carbonyl (C=O) groups is 1. The van der Waals surface area contributed by atoms with Crippen LogP contribution in [-0.4, -0.2) is 12.7 Å². The zero-order valence-electron chi connectivity index (χ0n) is 12.0. The molecule has 0 fully saturated rings. The van der Waals surface area contributed by atoms with Gasteiger partial charge in [0, 0.05) is 12.2 Å². The van der Waals surface area contributed by atoms with Gasteiger partial charge in [-0.3, -0.25) is 5.32 Å². The van der Waals surface area contributed by atoms with Gasteiger partial charge in [-0.25, -0.2) is 9.18 Å². The third-order valence-corrected chi connectivity index (χ3v) is 3.24. The molecule has 2 rings (SSSR count). The van der Waals surface area contributed by atoms with Crippen molar-refractivity contribution < 1.29 is 13.9 Å². The average molecular weight is 323 g/mol. The van der Waals surface area contributed by atoms with E-state index in [2.05, 4.69) is 10.6 Å². The molecule has 1 amide bonds. The van der Waals surface area contributed by atoms with Crippen LogP contribution in [0.4, 0.5) is 20.6 Å². The number of para-hydroxylation sites is 1. The lowest BCUT2D eigenvalue weighted by molar-refractivity contribution is 0.168. The van der Waals surface area contributed by atoms with Crippen molar-refractivity contribution in [1.29, 1.82) is 0 Å². The zero-order chi connectivity index (χ0) is 15.9. The van der Waals surface area contributed by atoms with Gasteiger partial charge in [0.2, 0.25) is 0 Å². The maximum atomic E-state index is 13.0. The molecule has 0 saturated heterocycles. The number of nitrogens with one attached hydrogen (secondary N) is 2. The van der Waals surface area contributed by atoms with Crippen LogP contribution < -0.4 is 10.6 Å². The second kappa shape index (κ2) is 7.66. The molecule has 4 nitrogen and oxygen atoms in total. The normalized spacial score (nSPS) is 10.1. The Bertz CT molecular complexity index is 664. The van der Waals surface area contributed by atoms with E-state index in [0.717, 1.165) is 5.56 Å². The Morgan fingerprint density at radius 2 is 2.00 bits per heavy atom. The lowest BCUT2D eigenvalue weighted by Crippen LogP contribution is -2.15. The van der Waals surface area contributed by atoms with Crippen LogP contribution in [0.3, 0.4) is 0 Å². The summed E-state index contributed by atoms with van der Waals surface area (Å²) in [6.07, 6.45) is -0.505. The fourth-order valence-electron chi connectivity index (χ4n) is 1.90. The summed E-state index contributed by atoms with van der Waals surface area (Å²) in [5.74, 6) is -0.389. The monoisotopic (exact) mass is 322 g/mol. The standard InChI is InChI=1S/C16H16ClFN2O2/c1-2-22-16(21)20-14-6-4-3-5-11(14)10-19-15-8-7-12(18)9-13(15)17/h3-9,19H,2,10H2,1H3,(H,20,21). The van der Waals surface area contributed by atoms with Gasteiger partial charge in [0.25, 0.3) is 0 Å². The van der Waals surface area contributed by atoms with Crippen LogP contribution in [-0.2, 0) is 11.3 Å². The Morgan fingerprint density at radius 3 is 2.73 bits per heavy atom. The van der Waals surface area contributed by atoms with Crippen molar-refractivity contribution in [3.8, 4) is 0 Å². The van der Waals surface area contributed by atoms with E-state index < -0.39 is 6.09 Å². The van der Waals surface area contributed by atoms with Gasteiger partial charge in [0.15, 0.2) is 0 Å². The molecule has 0 unspecified atom stereocenters. The predicted molar refractivity (Wildman–Crippen MR) is 85.8 cm³/mol. The van der Waals surface area contributed by atoms with E-state index in [1.807, 2.05) is 18.2 Å². The van der Waals surface area contributed by atoms with Gasteiger partial charge >= 0.3 is 6.09 Å². The molecule has 0 aliphatic carbocycles. The molecular formula is C16H16ClFN2O2. The van der Waals surface area contributed by atoms with Gasteiger partial charge in [0.1, 0.15) is 5.82 Å². The molecule has 116 valence electrons. The highest BCUT2D eigenvalue weighted by Crippen LogP contribution is 2.24. The van der Waals surface area contributed by atoms with Gasteiger partial charge in [-0.1, -0.05) is 29.8 Å². The second-order valence-electron chi connectivity index (χ2n) is 4.48. The largest absolute Gasteiger partial charge is 0.450 e. The third-order valence-electron chi connectivity index (χ3n) is 2.93. The van der Waals surface area contributed by atoms with Gasteiger partial charge < -0.3 is 10.1 Å². The summed E-state index contributed by atoms with van der Waals surface area (Å²) < 4.78 is 17.9. The van der Waals surface area contributed by atoms with Crippen molar-refractivity contribution in [2.45, 2.75) is 13.5 Å². The molecule has 0 bridgehead atoms. The van der Waals surface area contributed by atoms with Gasteiger partial charge in [-0.05, 0) is 36.8 Å². The van der Waals surface area contributed by atoms with Crippen molar-refractivity contribution in [3.63, 3.8) is 0 Å². The van der Waals surface area contributed by atoms with Crippen LogP contribution in [0.25, 0.3) is 0 Å². The maximum Gasteiger partial charge on any atom is 0.411 e.